The summed E-state index contributed by atoms with van der Waals surface area (Å²) < 4.78 is 4.94. The Balaban J connectivity index is 2.45. The molecule has 0 fully saturated rings. The van der Waals surface area contributed by atoms with Gasteiger partial charge in [-0.3, -0.25) is 4.79 Å². The largest absolute Gasteiger partial charge is 0.385 e. The predicted octanol–water partition coefficient (Wildman–Crippen LogP) is 1.44. The van der Waals surface area contributed by atoms with Crippen molar-refractivity contribution >= 4 is 11.6 Å². The van der Waals surface area contributed by atoms with E-state index >= 15 is 0 Å². The van der Waals surface area contributed by atoms with Gasteiger partial charge in [0.25, 0.3) is 0 Å². The van der Waals surface area contributed by atoms with Gasteiger partial charge in [0.05, 0.1) is 6.04 Å². The van der Waals surface area contributed by atoms with Crippen LogP contribution in [0.15, 0.2) is 24.3 Å². The highest BCUT2D eigenvalue weighted by Crippen LogP contribution is 2.11. The second-order valence-corrected chi connectivity index (χ2v) is 5.17. The van der Waals surface area contributed by atoms with Gasteiger partial charge in [-0.25, -0.2) is 0 Å². The molecule has 0 aromatic heterocycles. The molecule has 1 aromatic rings. The van der Waals surface area contributed by atoms with E-state index in [0.29, 0.717) is 13.0 Å². The molecule has 1 amide bonds. The Morgan fingerprint density at radius 2 is 2.00 bits per heavy atom. The van der Waals surface area contributed by atoms with E-state index in [1.54, 1.807) is 7.11 Å². The summed E-state index contributed by atoms with van der Waals surface area (Å²) in [4.78, 5) is 14.0. The van der Waals surface area contributed by atoms with Gasteiger partial charge in [0.2, 0.25) is 5.91 Å². The van der Waals surface area contributed by atoms with Gasteiger partial charge in [-0.2, -0.15) is 0 Å². The highest BCUT2D eigenvalue weighted by Gasteiger charge is 2.12. The zero-order valence-corrected chi connectivity index (χ0v) is 12.6. The van der Waals surface area contributed by atoms with Crippen molar-refractivity contribution in [3.63, 3.8) is 0 Å². The van der Waals surface area contributed by atoms with Crippen LogP contribution in [0.3, 0.4) is 0 Å². The van der Waals surface area contributed by atoms with Gasteiger partial charge < -0.3 is 20.7 Å². The molecule has 5 heteroatoms. The molecule has 1 atom stereocenters. The monoisotopic (exact) mass is 279 g/mol. The molecule has 112 valence electrons. The summed E-state index contributed by atoms with van der Waals surface area (Å²) in [5.74, 6) is -0.151. The third kappa shape index (κ3) is 6.14. The molecule has 1 aromatic carbocycles. The second-order valence-electron chi connectivity index (χ2n) is 5.17. The normalized spacial score (nSPS) is 12.4. The lowest BCUT2D eigenvalue weighted by Gasteiger charge is -2.13. The van der Waals surface area contributed by atoms with E-state index in [4.69, 9.17) is 10.5 Å². The topological polar surface area (TPSA) is 67.6 Å². The summed E-state index contributed by atoms with van der Waals surface area (Å²) in [6.45, 7) is 1.50. The minimum atomic E-state index is -0.494. The van der Waals surface area contributed by atoms with Crippen molar-refractivity contribution in [3.05, 3.63) is 29.8 Å². The molecular weight excluding hydrogens is 254 g/mol. The van der Waals surface area contributed by atoms with Crippen LogP contribution in [-0.2, 0) is 16.1 Å². The Labute approximate surface area is 121 Å². The van der Waals surface area contributed by atoms with Crippen molar-refractivity contribution in [2.45, 2.75) is 25.4 Å². The number of rotatable bonds is 8. The standard InChI is InChI=1S/C15H25N3O2/c1-18(2)11-12-6-8-13(9-7-12)17-15(19)14(16)5-4-10-20-3/h6-9,14H,4-5,10-11,16H2,1-3H3,(H,17,19). The van der Waals surface area contributed by atoms with E-state index in [2.05, 4.69) is 10.2 Å². The number of carbonyl (C=O) groups excluding carboxylic acids is 1. The highest BCUT2D eigenvalue weighted by atomic mass is 16.5. The molecule has 0 saturated carbocycles. The zero-order chi connectivity index (χ0) is 15.0. The highest BCUT2D eigenvalue weighted by molar-refractivity contribution is 5.94. The van der Waals surface area contributed by atoms with Crippen LogP contribution in [0.25, 0.3) is 0 Å². The zero-order valence-electron chi connectivity index (χ0n) is 12.6. The molecule has 1 unspecified atom stereocenters. The maximum absolute atomic E-state index is 11.9. The molecule has 5 nitrogen and oxygen atoms in total. The van der Waals surface area contributed by atoms with Gasteiger partial charge in [0, 0.05) is 25.9 Å². The van der Waals surface area contributed by atoms with Crippen molar-refractivity contribution < 1.29 is 9.53 Å². The van der Waals surface area contributed by atoms with Crippen LogP contribution in [0.5, 0.6) is 0 Å². The maximum Gasteiger partial charge on any atom is 0.241 e. The van der Waals surface area contributed by atoms with Gasteiger partial charge in [0.1, 0.15) is 0 Å². The molecule has 0 heterocycles. The first-order chi connectivity index (χ1) is 9.52. The molecule has 0 aliphatic heterocycles. The molecular formula is C15H25N3O2. The smallest absolute Gasteiger partial charge is 0.241 e. The fourth-order valence-electron chi connectivity index (χ4n) is 1.87. The summed E-state index contributed by atoms with van der Waals surface area (Å²) >= 11 is 0. The summed E-state index contributed by atoms with van der Waals surface area (Å²) in [6, 6.07) is 7.32. The molecule has 0 spiro atoms. The number of nitrogens with one attached hydrogen (secondary N) is 1. The maximum atomic E-state index is 11.9. The van der Waals surface area contributed by atoms with Gasteiger partial charge >= 0.3 is 0 Å². The number of nitrogens with zero attached hydrogens (tertiary/aromatic N) is 1. The average Bonchev–Trinajstić information content (AvgIpc) is 2.40. The minimum Gasteiger partial charge on any atom is -0.385 e. The van der Waals surface area contributed by atoms with Crippen molar-refractivity contribution in [3.8, 4) is 0 Å². The van der Waals surface area contributed by atoms with E-state index in [9.17, 15) is 4.79 Å². The summed E-state index contributed by atoms with van der Waals surface area (Å²) in [7, 11) is 5.68. The lowest BCUT2D eigenvalue weighted by atomic mass is 10.1. The lowest BCUT2D eigenvalue weighted by molar-refractivity contribution is -0.117. The minimum absolute atomic E-state index is 0.151. The van der Waals surface area contributed by atoms with Crippen LogP contribution in [-0.4, -0.2) is 44.7 Å². The molecule has 1 rings (SSSR count). The van der Waals surface area contributed by atoms with Crippen molar-refractivity contribution in [2.24, 2.45) is 5.73 Å². The number of amides is 1. The first-order valence-electron chi connectivity index (χ1n) is 6.82. The molecule has 0 radical (unpaired) electrons. The fraction of sp³-hybridized carbons (Fsp3) is 0.533. The first-order valence-corrected chi connectivity index (χ1v) is 6.82. The van der Waals surface area contributed by atoms with Crippen LogP contribution >= 0.6 is 0 Å². The van der Waals surface area contributed by atoms with Crippen molar-refractivity contribution in [1.82, 2.24) is 4.90 Å². The van der Waals surface area contributed by atoms with Crippen LogP contribution in [0, 0.1) is 0 Å². The summed E-state index contributed by atoms with van der Waals surface area (Å²) in [5.41, 5.74) is 7.81. The van der Waals surface area contributed by atoms with Crippen molar-refractivity contribution in [1.29, 1.82) is 0 Å². The van der Waals surface area contributed by atoms with Crippen molar-refractivity contribution in [2.75, 3.05) is 33.1 Å². The number of ether oxygens (including phenoxy) is 1. The molecule has 0 aliphatic rings. The number of hydrogen-bond acceptors (Lipinski definition) is 4. The predicted molar refractivity (Wildman–Crippen MR) is 81.5 cm³/mol. The van der Waals surface area contributed by atoms with Gasteiger partial charge in [0.15, 0.2) is 0 Å². The van der Waals surface area contributed by atoms with Gasteiger partial charge in [-0.15, -0.1) is 0 Å². The number of nitrogens with two attached hydrogens (primary N) is 1. The van der Waals surface area contributed by atoms with Crippen LogP contribution < -0.4 is 11.1 Å². The Bertz CT molecular complexity index is 404. The second kappa shape index (κ2) is 8.68. The number of anilines is 1. The van der Waals surface area contributed by atoms with E-state index in [1.165, 1.54) is 5.56 Å². The number of benzene rings is 1. The molecule has 0 aliphatic carbocycles. The molecule has 0 saturated heterocycles. The van der Waals surface area contributed by atoms with E-state index in [0.717, 1.165) is 18.7 Å². The number of methoxy groups -OCH3 is 1. The Hall–Kier alpha value is -1.43. The summed E-state index contributed by atoms with van der Waals surface area (Å²) in [6.07, 6.45) is 1.41. The molecule has 3 N–H and O–H groups in total. The fourth-order valence-corrected chi connectivity index (χ4v) is 1.87. The SMILES string of the molecule is COCCCC(N)C(=O)Nc1ccc(CN(C)C)cc1. The van der Waals surface area contributed by atoms with Crippen LogP contribution in [0.1, 0.15) is 18.4 Å². The van der Waals surface area contributed by atoms with E-state index in [-0.39, 0.29) is 5.91 Å². The molecule has 20 heavy (non-hydrogen) atoms. The van der Waals surface area contributed by atoms with Gasteiger partial charge in [-0.1, -0.05) is 12.1 Å². The molecule has 0 bridgehead atoms. The Morgan fingerprint density at radius 1 is 1.35 bits per heavy atom. The summed E-state index contributed by atoms with van der Waals surface area (Å²) in [5, 5.41) is 2.83. The lowest BCUT2D eigenvalue weighted by Crippen LogP contribution is -2.35. The van der Waals surface area contributed by atoms with E-state index < -0.39 is 6.04 Å². The van der Waals surface area contributed by atoms with Crippen LogP contribution in [0.4, 0.5) is 5.69 Å². The Morgan fingerprint density at radius 3 is 2.55 bits per heavy atom. The van der Waals surface area contributed by atoms with E-state index in [1.807, 2.05) is 38.4 Å². The first kappa shape index (κ1) is 16.6. The number of hydrogen-bond donors (Lipinski definition) is 2. The number of carbonyl (C=O) groups is 1. The third-order valence-corrected chi connectivity index (χ3v) is 2.92. The van der Waals surface area contributed by atoms with Gasteiger partial charge in [-0.05, 0) is 44.6 Å². The Kier molecular flexibility index (Phi) is 7.22. The quantitative estimate of drug-likeness (QED) is 0.707. The average molecular weight is 279 g/mol. The van der Waals surface area contributed by atoms with Crippen LogP contribution in [0.2, 0.25) is 0 Å². The third-order valence-electron chi connectivity index (χ3n) is 2.92.